The second-order valence-corrected chi connectivity index (χ2v) is 5.54. The van der Waals surface area contributed by atoms with Gasteiger partial charge in [0, 0.05) is 18.3 Å². The van der Waals surface area contributed by atoms with Crippen LogP contribution in [0.25, 0.3) is 6.08 Å². The molecule has 2 rings (SSSR count). The van der Waals surface area contributed by atoms with E-state index in [1.54, 1.807) is 24.3 Å². The minimum absolute atomic E-state index is 0.0319. The molecular weight excluding hydrogens is 268 g/mol. The number of allylic oxidation sites excluding steroid dienone is 1. The summed E-state index contributed by atoms with van der Waals surface area (Å²) < 4.78 is 2.48. The molecule has 0 aliphatic carbocycles. The first-order valence-electron chi connectivity index (χ1n) is 5.62. The second kappa shape index (κ2) is 5.50. The molecule has 0 saturated carbocycles. The smallest absolute Gasteiger partial charge is 0.195 e. The van der Waals surface area contributed by atoms with Crippen LogP contribution in [0, 0.1) is 6.92 Å². The first-order valence-corrected chi connectivity index (χ1v) is 6.81. The lowest BCUT2D eigenvalue weighted by Crippen LogP contribution is -1.93. The van der Waals surface area contributed by atoms with Crippen molar-refractivity contribution >= 4 is 34.8 Å². The molecule has 0 aliphatic rings. The zero-order valence-corrected chi connectivity index (χ0v) is 11.8. The van der Waals surface area contributed by atoms with Crippen LogP contribution < -0.4 is 0 Å². The largest absolute Gasteiger partial charge is 0.288 e. The summed E-state index contributed by atoms with van der Waals surface area (Å²) in [6, 6.07) is 3.47. The Morgan fingerprint density at radius 1 is 1.56 bits per heavy atom. The van der Waals surface area contributed by atoms with E-state index in [0.29, 0.717) is 9.21 Å². The molecule has 5 heteroatoms. The molecule has 0 amide bonds. The van der Waals surface area contributed by atoms with Crippen LogP contribution in [0.5, 0.6) is 0 Å². The van der Waals surface area contributed by atoms with Crippen LogP contribution in [0.3, 0.4) is 0 Å². The van der Waals surface area contributed by atoms with Crippen molar-refractivity contribution in [1.82, 2.24) is 9.78 Å². The van der Waals surface area contributed by atoms with Crippen LogP contribution in [-0.4, -0.2) is 15.6 Å². The third-order valence-corrected chi connectivity index (χ3v) is 3.78. The molecule has 0 bridgehead atoms. The number of halogens is 1. The van der Waals surface area contributed by atoms with Crippen molar-refractivity contribution in [1.29, 1.82) is 0 Å². The van der Waals surface area contributed by atoms with Crippen molar-refractivity contribution in [3.8, 4) is 0 Å². The summed E-state index contributed by atoms with van der Waals surface area (Å²) in [4.78, 5) is 12.5. The van der Waals surface area contributed by atoms with Gasteiger partial charge in [-0.1, -0.05) is 11.6 Å². The van der Waals surface area contributed by atoms with Gasteiger partial charge in [-0.2, -0.15) is 5.10 Å². The lowest BCUT2D eigenvalue weighted by molar-refractivity contribution is 0.105. The number of aryl methyl sites for hydroxylation is 2. The Morgan fingerprint density at radius 2 is 2.33 bits per heavy atom. The van der Waals surface area contributed by atoms with Crippen LogP contribution in [-0.2, 0) is 6.54 Å². The van der Waals surface area contributed by atoms with Gasteiger partial charge in [-0.05, 0) is 38.1 Å². The number of carbonyl (C=O) groups excluding carboxylic acids is 1. The summed E-state index contributed by atoms with van der Waals surface area (Å²) in [6.45, 7) is 4.78. The SMILES string of the molecule is CCn1cc(/C=C/C(=O)c2ccc(Cl)s2)c(C)n1. The van der Waals surface area contributed by atoms with Crippen molar-refractivity contribution in [2.24, 2.45) is 0 Å². The van der Waals surface area contributed by atoms with E-state index >= 15 is 0 Å². The molecule has 2 aromatic rings. The molecular formula is C13H13ClN2OS. The Labute approximate surface area is 115 Å². The average Bonchev–Trinajstić information content (AvgIpc) is 2.92. The van der Waals surface area contributed by atoms with E-state index in [1.165, 1.54) is 11.3 Å². The van der Waals surface area contributed by atoms with Crippen molar-refractivity contribution in [3.63, 3.8) is 0 Å². The molecule has 0 spiro atoms. The Kier molecular flexibility index (Phi) is 3.99. The van der Waals surface area contributed by atoms with Gasteiger partial charge in [0.1, 0.15) is 0 Å². The summed E-state index contributed by atoms with van der Waals surface area (Å²) in [5.41, 5.74) is 1.89. The highest BCUT2D eigenvalue weighted by molar-refractivity contribution is 7.18. The van der Waals surface area contributed by atoms with E-state index in [9.17, 15) is 4.79 Å². The van der Waals surface area contributed by atoms with Crippen LogP contribution in [0.4, 0.5) is 0 Å². The Balaban J connectivity index is 2.15. The number of hydrogen-bond donors (Lipinski definition) is 0. The third kappa shape index (κ3) is 2.89. The van der Waals surface area contributed by atoms with Gasteiger partial charge in [0.2, 0.25) is 0 Å². The van der Waals surface area contributed by atoms with E-state index < -0.39 is 0 Å². The van der Waals surface area contributed by atoms with Gasteiger partial charge in [-0.15, -0.1) is 11.3 Å². The number of rotatable bonds is 4. The molecule has 0 radical (unpaired) electrons. The van der Waals surface area contributed by atoms with E-state index in [-0.39, 0.29) is 5.78 Å². The fourth-order valence-electron chi connectivity index (χ4n) is 1.55. The molecule has 3 nitrogen and oxygen atoms in total. The van der Waals surface area contributed by atoms with Crippen molar-refractivity contribution in [2.75, 3.05) is 0 Å². The maximum atomic E-state index is 11.9. The molecule has 2 aromatic heterocycles. The Hall–Kier alpha value is -1.39. The molecule has 0 unspecified atom stereocenters. The molecule has 0 saturated heterocycles. The number of thiophene rings is 1. The van der Waals surface area contributed by atoms with Crippen LogP contribution in [0.15, 0.2) is 24.4 Å². The van der Waals surface area contributed by atoms with Gasteiger partial charge in [-0.25, -0.2) is 0 Å². The molecule has 94 valence electrons. The zero-order valence-electron chi connectivity index (χ0n) is 10.2. The van der Waals surface area contributed by atoms with E-state index in [1.807, 2.05) is 24.7 Å². The van der Waals surface area contributed by atoms with Crippen molar-refractivity contribution in [3.05, 3.63) is 44.9 Å². The average molecular weight is 281 g/mol. The molecule has 0 aromatic carbocycles. The highest BCUT2D eigenvalue weighted by Crippen LogP contribution is 2.22. The first kappa shape index (κ1) is 13.1. The van der Waals surface area contributed by atoms with Gasteiger partial charge in [0.15, 0.2) is 5.78 Å². The van der Waals surface area contributed by atoms with Gasteiger partial charge in [0.25, 0.3) is 0 Å². The first-order chi connectivity index (χ1) is 8.60. The maximum absolute atomic E-state index is 11.9. The lowest BCUT2D eigenvalue weighted by Gasteiger charge is -1.89. The Bertz CT molecular complexity index is 598. The normalized spacial score (nSPS) is 11.3. The molecule has 2 heterocycles. The predicted molar refractivity (Wildman–Crippen MR) is 75.3 cm³/mol. The standard InChI is InChI=1S/C13H13ClN2OS/c1-3-16-8-10(9(2)15-16)4-5-11(17)12-6-7-13(14)18-12/h4-8H,3H2,1-2H3/b5-4+. The van der Waals surface area contributed by atoms with Gasteiger partial charge in [-0.3, -0.25) is 9.48 Å². The number of hydrogen-bond acceptors (Lipinski definition) is 3. The fraction of sp³-hybridized carbons (Fsp3) is 0.231. The fourth-order valence-corrected chi connectivity index (χ4v) is 2.52. The molecule has 18 heavy (non-hydrogen) atoms. The van der Waals surface area contributed by atoms with Gasteiger partial charge < -0.3 is 0 Å². The summed E-state index contributed by atoms with van der Waals surface area (Å²) >= 11 is 7.09. The van der Waals surface area contributed by atoms with Gasteiger partial charge >= 0.3 is 0 Å². The van der Waals surface area contributed by atoms with Crippen LogP contribution >= 0.6 is 22.9 Å². The Morgan fingerprint density at radius 3 is 2.89 bits per heavy atom. The summed E-state index contributed by atoms with van der Waals surface area (Å²) in [7, 11) is 0. The number of carbonyl (C=O) groups is 1. The van der Waals surface area contributed by atoms with E-state index in [4.69, 9.17) is 11.6 Å². The summed E-state index contributed by atoms with van der Waals surface area (Å²) in [5, 5.41) is 4.32. The molecule has 0 N–H and O–H groups in total. The number of nitrogens with zero attached hydrogens (tertiary/aromatic N) is 2. The molecule has 0 atom stereocenters. The van der Waals surface area contributed by atoms with Crippen molar-refractivity contribution in [2.45, 2.75) is 20.4 Å². The van der Waals surface area contributed by atoms with Gasteiger partial charge in [0.05, 0.1) is 14.9 Å². The minimum Gasteiger partial charge on any atom is -0.288 e. The summed E-state index contributed by atoms with van der Waals surface area (Å²) in [5.74, 6) is -0.0319. The lowest BCUT2D eigenvalue weighted by atomic mass is 10.2. The van der Waals surface area contributed by atoms with E-state index in [0.717, 1.165) is 17.8 Å². The second-order valence-electron chi connectivity index (χ2n) is 3.83. The van der Waals surface area contributed by atoms with E-state index in [2.05, 4.69) is 5.10 Å². The topological polar surface area (TPSA) is 34.9 Å². The monoisotopic (exact) mass is 280 g/mol. The highest BCUT2D eigenvalue weighted by Gasteiger charge is 2.06. The third-order valence-electron chi connectivity index (χ3n) is 2.54. The number of aromatic nitrogens is 2. The van der Waals surface area contributed by atoms with Crippen LogP contribution in [0.2, 0.25) is 4.34 Å². The quantitative estimate of drug-likeness (QED) is 0.630. The maximum Gasteiger partial charge on any atom is 0.195 e. The molecule has 0 fully saturated rings. The minimum atomic E-state index is -0.0319. The zero-order chi connectivity index (χ0) is 13.1. The molecule has 0 aliphatic heterocycles. The number of ketones is 1. The van der Waals surface area contributed by atoms with Crippen molar-refractivity contribution < 1.29 is 4.79 Å². The highest BCUT2D eigenvalue weighted by atomic mass is 35.5. The summed E-state index contributed by atoms with van der Waals surface area (Å²) in [6.07, 6.45) is 5.29. The van der Waals surface area contributed by atoms with Crippen LogP contribution in [0.1, 0.15) is 27.9 Å². The predicted octanol–water partition coefficient (Wildman–Crippen LogP) is 3.82.